The zero-order valence-electron chi connectivity index (χ0n) is 13.2. The molecular formula is C16H19N3O3S. The van der Waals surface area contributed by atoms with Crippen LogP contribution in [0, 0.1) is 0 Å². The van der Waals surface area contributed by atoms with E-state index < -0.39 is 12.0 Å². The second-order valence-corrected chi connectivity index (χ2v) is 6.43. The van der Waals surface area contributed by atoms with Crippen LogP contribution in [0.4, 0.5) is 0 Å². The second kappa shape index (κ2) is 6.54. The Hall–Kier alpha value is -2.15. The number of esters is 1. The molecule has 23 heavy (non-hydrogen) atoms. The van der Waals surface area contributed by atoms with Gasteiger partial charge < -0.3 is 14.2 Å². The van der Waals surface area contributed by atoms with Crippen LogP contribution in [0.25, 0.3) is 0 Å². The minimum absolute atomic E-state index is 0.134. The summed E-state index contributed by atoms with van der Waals surface area (Å²) >= 11 is 1.38. The molecule has 0 spiro atoms. The molecule has 2 aromatic rings. The van der Waals surface area contributed by atoms with E-state index in [-0.39, 0.29) is 5.91 Å². The number of amides is 1. The predicted octanol–water partition coefficient (Wildman–Crippen LogP) is 2.09. The van der Waals surface area contributed by atoms with Gasteiger partial charge in [0.25, 0.3) is 5.91 Å². The van der Waals surface area contributed by atoms with Gasteiger partial charge in [-0.3, -0.25) is 4.79 Å². The van der Waals surface area contributed by atoms with Crippen LogP contribution in [0.5, 0.6) is 0 Å². The number of fused-ring (bicyclic) bond motifs is 1. The van der Waals surface area contributed by atoms with Gasteiger partial charge in [0.05, 0.1) is 36.2 Å². The van der Waals surface area contributed by atoms with Gasteiger partial charge in [0.15, 0.2) is 0 Å². The number of methoxy groups -OCH3 is 1. The van der Waals surface area contributed by atoms with Crippen molar-refractivity contribution in [2.24, 2.45) is 0 Å². The van der Waals surface area contributed by atoms with Gasteiger partial charge in [0.1, 0.15) is 6.04 Å². The standard InChI is InChI=1S/C16H19N3O3S/c1-3-6-18-10-17-11-8-12(16(21)22-2)19(9-13(11)18)15(20)14-5-4-7-23-14/h4-5,7,10,12H,3,6,8-9H2,1-2H3/t12-/m0/s1. The van der Waals surface area contributed by atoms with Crippen molar-refractivity contribution in [1.29, 1.82) is 0 Å². The van der Waals surface area contributed by atoms with Gasteiger partial charge in [-0.15, -0.1) is 11.3 Å². The summed E-state index contributed by atoms with van der Waals surface area (Å²) < 4.78 is 6.96. The predicted molar refractivity (Wildman–Crippen MR) is 86.2 cm³/mol. The Balaban J connectivity index is 1.95. The van der Waals surface area contributed by atoms with Crippen molar-refractivity contribution in [3.63, 3.8) is 0 Å². The fraction of sp³-hybridized carbons (Fsp3) is 0.438. The average Bonchev–Trinajstić information content (AvgIpc) is 3.23. The number of rotatable bonds is 4. The van der Waals surface area contributed by atoms with Crippen molar-refractivity contribution < 1.29 is 14.3 Å². The maximum atomic E-state index is 12.8. The quantitative estimate of drug-likeness (QED) is 0.804. The summed E-state index contributed by atoms with van der Waals surface area (Å²) in [5, 5.41) is 1.86. The molecule has 0 N–H and O–H groups in total. The molecule has 6 nitrogen and oxygen atoms in total. The Morgan fingerprint density at radius 2 is 2.30 bits per heavy atom. The number of imidazole rings is 1. The highest BCUT2D eigenvalue weighted by Crippen LogP contribution is 2.26. The molecule has 122 valence electrons. The number of aromatic nitrogens is 2. The van der Waals surface area contributed by atoms with Gasteiger partial charge in [-0.05, 0) is 17.9 Å². The summed E-state index contributed by atoms with van der Waals surface area (Å²) in [7, 11) is 1.35. The highest BCUT2D eigenvalue weighted by molar-refractivity contribution is 7.12. The summed E-state index contributed by atoms with van der Waals surface area (Å²) in [5.41, 5.74) is 1.89. The topological polar surface area (TPSA) is 64.4 Å². The number of hydrogen-bond acceptors (Lipinski definition) is 5. The summed E-state index contributed by atoms with van der Waals surface area (Å²) in [6, 6.07) is 2.99. The number of ether oxygens (including phenoxy) is 1. The van der Waals surface area contributed by atoms with Gasteiger partial charge in [-0.25, -0.2) is 9.78 Å². The molecule has 3 heterocycles. The highest BCUT2D eigenvalue weighted by atomic mass is 32.1. The Labute approximate surface area is 138 Å². The van der Waals surface area contributed by atoms with Crippen LogP contribution in [0.15, 0.2) is 23.8 Å². The molecule has 0 fully saturated rings. The van der Waals surface area contributed by atoms with E-state index in [1.165, 1.54) is 18.4 Å². The van der Waals surface area contributed by atoms with E-state index >= 15 is 0 Å². The van der Waals surface area contributed by atoms with Crippen LogP contribution >= 0.6 is 11.3 Å². The molecule has 2 aromatic heterocycles. The van der Waals surface area contributed by atoms with E-state index in [9.17, 15) is 9.59 Å². The van der Waals surface area contributed by atoms with Crippen LogP contribution in [0.1, 0.15) is 34.4 Å². The first kappa shape index (κ1) is 15.7. The Morgan fingerprint density at radius 1 is 1.48 bits per heavy atom. The molecule has 0 unspecified atom stereocenters. The first-order chi connectivity index (χ1) is 11.2. The van der Waals surface area contributed by atoms with Crippen molar-refractivity contribution in [2.45, 2.75) is 38.9 Å². The molecule has 7 heteroatoms. The monoisotopic (exact) mass is 333 g/mol. The Bertz CT molecular complexity index is 708. The molecule has 0 saturated heterocycles. The van der Waals surface area contributed by atoms with E-state index in [0.29, 0.717) is 17.8 Å². The first-order valence-electron chi connectivity index (χ1n) is 7.60. The number of nitrogens with zero attached hydrogens (tertiary/aromatic N) is 3. The molecule has 3 rings (SSSR count). The van der Waals surface area contributed by atoms with E-state index in [2.05, 4.69) is 16.5 Å². The normalized spacial score (nSPS) is 17.0. The maximum Gasteiger partial charge on any atom is 0.329 e. The van der Waals surface area contributed by atoms with Gasteiger partial charge in [0.2, 0.25) is 0 Å². The Morgan fingerprint density at radius 3 is 2.96 bits per heavy atom. The lowest BCUT2D eigenvalue weighted by Gasteiger charge is -2.33. The SMILES string of the molecule is CCCn1cnc2c1CN(C(=O)c1cccs1)[C@H](C(=O)OC)C2. The molecular weight excluding hydrogens is 314 g/mol. The van der Waals surface area contributed by atoms with Crippen molar-refractivity contribution in [3.8, 4) is 0 Å². The molecule has 0 radical (unpaired) electrons. The smallest absolute Gasteiger partial charge is 0.329 e. The van der Waals surface area contributed by atoms with E-state index in [0.717, 1.165) is 24.4 Å². The van der Waals surface area contributed by atoms with Crippen molar-refractivity contribution >= 4 is 23.2 Å². The number of carbonyl (C=O) groups is 2. The van der Waals surface area contributed by atoms with E-state index in [1.54, 1.807) is 17.3 Å². The summed E-state index contributed by atoms with van der Waals surface area (Å²) in [5.74, 6) is -0.532. The lowest BCUT2D eigenvalue weighted by atomic mass is 10.0. The van der Waals surface area contributed by atoms with Crippen molar-refractivity contribution in [1.82, 2.24) is 14.5 Å². The zero-order valence-corrected chi connectivity index (χ0v) is 14.0. The number of hydrogen-bond donors (Lipinski definition) is 0. The van der Waals surface area contributed by atoms with E-state index in [4.69, 9.17) is 4.74 Å². The van der Waals surface area contributed by atoms with Crippen LogP contribution in [0.2, 0.25) is 0 Å². The third-order valence-electron chi connectivity index (χ3n) is 4.05. The molecule has 1 atom stereocenters. The molecule has 0 aliphatic carbocycles. The van der Waals surface area contributed by atoms with Crippen LogP contribution in [0.3, 0.4) is 0 Å². The summed E-state index contributed by atoms with van der Waals surface area (Å²) in [4.78, 5) is 31.6. The van der Waals surface area contributed by atoms with Gasteiger partial charge in [-0.1, -0.05) is 13.0 Å². The van der Waals surface area contributed by atoms with Gasteiger partial charge in [0, 0.05) is 13.0 Å². The lowest BCUT2D eigenvalue weighted by Crippen LogP contribution is -2.49. The lowest BCUT2D eigenvalue weighted by molar-refractivity contribution is -0.146. The molecule has 0 bridgehead atoms. The third-order valence-corrected chi connectivity index (χ3v) is 4.90. The average molecular weight is 333 g/mol. The van der Waals surface area contributed by atoms with E-state index in [1.807, 2.05) is 11.4 Å². The van der Waals surface area contributed by atoms with Crippen LogP contribution in [-0.4, -0.2) is 39.5 Å². The second-order valence-electron chi connectivity index (χ2n) is 5.48. The van der Waals surface area contributed by atoms with Crippen molar-refractivity contribution in [2.75, 3.05) is 7.11 Å². The highest BCUT2D eigenvalue weighted by Gasteiger charge is 2.38. The van der Waals surface area contributed by atoms with Crippen LogP contribution < -0.4 is 0 Å². The fourth-order valence-corrected chi connectivity index (χ4v) is 3.58. The summed E-state index contributed by atoms with van der Waals surface area (Å²) in [6.07, 6.45) is 3.18. The zero-order chi connectivity index (χ0) is 16.4. The largest absolute Gasteiger partial charge is 0.467 e. The number of thiophene rings is 1. The van der Waals surface area contributed by atoms with Gasteiger partial charge >= 0.3 is 5.97 Å². The summed E-state index contributed by atoms with van der Waals surface area (Å²) in [6.45, 7) is 3.33. The van der Waals surface area contributed by atoms with Crippen LogP contribution in [-0.2, 0) is 29.0 Å². The fourth-order valence-electron chi connectivity index (χ4n) is 2.90. The number of aryl methyl sites for hydroxylation is 1. The molecule has 1 amide bonds. The third kappa shape index (κ3) is 2.88. The molecule has 0 saturated carbocycles. The van der Waals surface area contributed by atoms with Crippen molar-refractivity contribution in [3.05, 3.63) is 40.1 Å². The minimum Gasteiger partial charge on any atom is -0.467 e. The molecule has 1 aliphatic heterocycles. The molecule has 0 aromatic carbocycles. The minimum atomic E-state index is -0.618. The maximum absolute atomic E-state index is 12.8. The number of carbonyl (C=O) groups excluding carboxylic acids is 2. The van der Waals surface area contributed by atoms with Gasteiger partial charge in [-0.2, -0.15) is 0 Å². The Kier molecular flexibility index (Phi) is 4.47. The molecule has 1 aliphatic rings. The first-order valence-corrected chi connectivity index (χ1v) is 8.48.